The van der Waals surface area contributed by atoms with Crippen molar-refractivity contribution in [2.75, 3.05) is 19.6 Å². The molecule has 1 atom stereocenters. The van der Waals surface area contributed by atoms with Gasteiger partial charge < -0.3 is 26.7 Å². The van der Waals surface area contributed by atoms with Gasteiger partial charge >= 0.3 is 5.97 Å². The number of unbranched alkanes of at least 4 members (excludes halogenated alkanes) is 2. The summed E-state index contributed by atoms with van der Waals surface area (Å²) in [5.74, 6) is -2.45. The summed E-state index contributed by atoms with van der Waals surface area (Å²) in [7, 11) is 0. The minimum absolute atomic E-state index is 0.00114. The molecule has 0 unspecified atom stereocenters. The molecule has 0 saturated carbocycles. The summed E-state index contributed by atoms with van der Waals surface area (Å²) < 4.78 is 0. The highest BCUT2D eigenvalue weighted by molar-refractivity contribution is 5.99. The van der Waals surface area contributed by atoms with Crippen LogP contribution in [0.3, 0.4) is 0 Å². The third kappa shape index (κ3) is 10.1. The number of carboxylic acids is 1. The van der Waals surface area contributed by atoms with E-state index in [2.05, 4.69) is 10.3 Å². The van der Waals surface area contributed by atoms with Crippen LogP contribution >= 0.6 is 0 Å². The van der Waals surface area contributed by atoms with E-state index in [0.29, 0.717) is 38.6 Å². The van der Waals surface area contributed by atoms with Crippen LogP contribution in [-0.4, -0.2) is 65.7 Å². The molecule has 0 aromatic carbocycles. The Kier molecular flexibility index (Phi) is 11.6. The Morgan fingerprint density at radius 1 is 1.20 bits per heavy atom. The Bertz CT molecular complexity index is 491. The summed E-state index contributed by atoms with van der Waals surface area (Å²) in [6.07, 6.45) is 1.53. The first-order valence-electron chi connectivity index (χ1n) is 8.11. The molecular weight excluding hydrogens is 330 g/mol. The third-order valence-corrected chi connectivity index (χ3v) is 3.28. The quantitative estimate of drug-likeness (QED) is 0.138. The van der Waals surface area contributed by atoms with Gasteiger partial charge in [0, 0.05) is 13.0 Å². The highest BCUT2D eigenvalue weighted by Gasteiger charge is 2.30. The molecule has 0 aliphatic heterocycles. The van der Waals surface area contributed by atoms with Gasteiger partial charge in [0.05, 0.1) is 13.0 Å². The van der Waals surface area contributed by atoms with Crippen LogP contribution in [0.2, 0.25) is 0 Å². The van der Waals surface area contributed by atoms with Crippen LogP contribution in [0.5, 0.6) is 0 Å². The zero-order valence-electron chi connectivity index (χ0n) is 14.4. The molecule has 0 rings (SSSR count). The van der Waals surface area contributed by atoms with Crippen LogP contribution in [0.4, 0.5) is 0 Å². The number of imide groups is 1. The monoisotopic (exact) mass is 357 g/mol. The highest BCUT2D eigenvalue weighted by Crippen LogP contribution is 2.10. The zero-order valence-corrected chi connectivity index (χ0v) is 14.4. The number of hydrogen-bond donors (Lipinski definition) is 4. The van der Waals surface area contributed by atoms with Crippen LogP contribution in [0.15, 0.2) is 4.99 Å². The number of nitrogens with one attached hydrogen (secondary N) is 1. The lowest BCUT2D eigenvalue weighted by molar-refractivity contribution is -0.151. The number of aliphatic imine (C=N–C) groups is 1. The number of carbonyl (C=O) groups excluding carboxylic acids is 3. The molecule has 142 valence electrons. The van der Waals surface area contributed by atoms with E-state index in [-0.39, 0.29) is 18.9 Å². The Hall–Kier alpha value is -2.49. The van der Waals surface area contributed by atoms with Gasteiger partial charge in [-0.2, -0.15) is 0 Å². The summed E-state index contributed by atoms with van der Waals surface area (Å²) in [6.45, 7) is 2.58. The maximum Gasteiger partial charge on any atom is 0.305 e. The van der Waals surface area contributed by atoms with E-state index in [1.165, 1.54) is 0 Å². The Morgan fingerprint density at radius 3 is 2.40 bits per heavy atom. The summed E-state index contributed by atoms with van der Waals surface area (Å²) in [5, 5.41) is 11.6. The van der Waals surface area contributed by atoms with Crippen molar-refractivity contribution in [1.29, 1.82) is 0 Å². The number of aliphatic carboxylic acids is 1. The molecule has 0 spiro atoms. The zero-order chi connectivity index (χ0) is 19.2. The van der Waals surface area contributed by atoms with Crippen LogP contribution in [0.1, 0.15) is 39.0 Å². The van der Waals surface area contributed by atoms with Crippen LogP contribution in [-0.2, 0) is 19.2 Å². The van der Waals surface area contributed by atoms with Crippen LogP contribution in [0.25, 0.3) is 0 Å². The Morgan fingerprint density at radius 2 is 1.88 bits per heavy atom. The van der Waals surface area contributed by atoms with E-state index in [9.17, 15) is 19.2 Å². The molecule has 10 nitrogen and oxygen atoms in total. The maximum atomic E-state index is 12.3. The summed E-state index contributed by atoms with van der Waals surface area (Å²) in [4.78, 5) is 51.1. The lowest BCUT2D eigenvalue weighted by atomic mass is 10.1. The van der Waals surface area contributed by atoms with E-state index in [1.807, 2.05) is 0 Å². The van der Waals surface area contributed by atoms with Crippen molar-refractivity contribution in [2.24, 2.45) is 16.5 Å². The van der Waals surface area contributed by atoms with Gasteiger partial charge in [0.25, 0.3) is 0 Å². The SMILES string of the molecule is CCNCC(=O)N(C(=O)CCCCCN=C(N)N)[C@H](C=O)CC(=O)O. The number of guanidine groups is 1. The van der Waals surface area contributed by atoms with Gasteiger partial charge in [0.2, 0.25) is 11.8 Å². The second kappa shape index (κ2) is 12.9. The molecule has 0 radical (unpaired) electrons. The van der Waals surface area contributed by atoms with Crippen molar-refractivity contribution >= 4 is 30.0 Å². The fourth-order valence-electron chi connectivity index (χ4n) is 2.10. The standard InChI is InChI=1S/C15H27N5O5/c1-2-18-9-13(23)20(11(10-21)8-14(24)25)12(22)6-4-3-5-7-19-15(16)17/h10-11,18H,2-9H2,1H3,(H,24,25)(H4,16,17,19)/t11-/m0/s1. The number of carboxylic acid groups (broad SMARTS) is 1. The minimum Gasteiger partial charge on any atom is -0.481 e. The first-order chi connectivity index (χ1) is 11.8. The van der Waals surface area contributed by atoms with Crippen LogP contribution in [0, 0.1) is 0 Å². The van der Waals surface area contributed by atoms with Crippen molar-refractivity contribution in [2.45, 2.75) is 45.1 Å². The van der Waals surface area contributed by atoms with E-state index >= 15 is 0 Å². The number of amides is 2. The maximum absolute atomic E-state index is 12.3. The molecular formula is C15H27N5O5. The van der Waals surface area contributed by atoms with E-state index in [1.54, 1.807) is 6.92 Å². The van der Waals surface area contributed by atoms with Gasteiger partial charge in [-0.25, -0.2) is 0 Å². The van der Waals surface area contributed by atoms with Gasteiger partial charge in [-0.3, -0.25) is 24.3 Å². The highest BCUT2D eigenvalue weighted by atomic mass is 16.4. The van der Waals surface area contributed by atoms with E-state index < -0.39 is 30.2 Å². The largest absolute Gasteiger partial charge is 0.481 e. The van der Waals surface area contributed by atoms with Crippen molar-refractivity contribution < 1.29 is 24.3 Å². The lowest BCUT2D eigenvalue weighted by Crippen LogP contribution is -2.49. The lowest BCUT2D eigenvalue weighted by Gasteiger charge is -2.25. The predicted molar refractivity (Wildman–Crippen MR) is 91.6 cm³/mol. The van der Waals surface area contributed by atoms with Crippen molar-refractivity contribution in [1.82, 2.24) is 10.2 Å². The van der Waals surface area contributed by atoms with Crippen molar-refractivity contribution in [3.05, 3.63) is 0 Å². The van der Waals surface area contributed by atoms with Gasteiger partial charge in [0.15, 0.2) is 5.96 Å². The molecule has 6 N–H and O–H groups in total. The first kappa shape index (κ1) is 22.5. The average Bonchev–Trinajstić information content (AvgIpc) is 2.54. The van der Waals surface area contributed by atoms with Crippen LogP contribution < -0.4 is 16.8 Å². The molecule has 0 aromatic heterocycles. The summed E-state index contributed by atoms with van der Waals surface area (Å²) in [5.41, 5.74) is 10.4. The molecule has 0 saturated heterocycles. The summed E-state index contributed by atoms with van der Waals surface area (Å²) in [6, 6.07) is -1.31. The van der Waals surface area contributed by atoms with E-state index in [0.717, 1.165) is 4.90 Å². The number of likely N-dealkylation sites (N-methyl/N-ethyl adjacent to an activating group) is 1. The number of aldehydes is 1. The van der Waals surface area contributed by atoms with E-state index in [4.69, 9.17) is 16.6 Å². The number of carbonyl (C=O) groups is 4. The molecule has 0 bridgehead atoms. The third-order valence-electron chi connectivity index (χ3n) is 3.28. The van der Waals surface area contributed by atoms with Gasteiger partial charge in [-0.1, -0.05) is 13.3 Å². The number of rotatable bonds is 13. The van der Waals surface area contributed by atoms with Gasteiger partial charge in [-0.15, -0.1) is 0 Å². The second-order valence-corrected chi connectivity index (χ2v) is 5.36. The predicted octanol–water partition coefficient (Wildman–Crippen LogP) is -1.17. The topological polar surface area (TPSA) is 168 Å². The molecule has 0 aliphatic rings. The molecule has 2 amide bonds. The summed E-state index contributed by atoms with van der Waals surface area (Å²) >= 11 is 0. The first-order valence-corrected chi connectivity index (χ1v) is 8.11. The number of hydrogen-bond acceptors (Lipinski definition) is 6. The van der Waals surface area contributed by atoms with Crippen molar-refractivity contribution in [3.63, 3.8) is 0 Å². The van der Waals surface area contributed by atoms with Gasteiger partial charge in [0.1, 0.15) is 12.3 Å². The average molecular weight is 357 g/mol. The van der Waals surface area contributed by atoms with Crippen molar-refractivity contribution in [3.8, 4) is 0 Å². The Balaban J connectivity index is 4.74. The van der Waals surface area contributed by atoms with Gasteiger partial charge in [-0.05, 0) is 19.4 Å². The fraction of sp³-hybridized carbons (Fsp3) is 0.667. The molecule has 0 aromatic rings. The second-order valence-electron chi connectivity index (χ2n) is 5.36. The minimum atomic E-state index is -1.31. The molecule has 25 heavy (non-hydrogen) atoms. The fourth-order valence-corrected chi connectivity index (χ4v) is 2.10. The Labute approximate surface area is 146 Å². The molecule has 0 fully saturated rings. The normalized spacial score (nSPS) is 11.4. The smallest absolute Gasteiger partial charge is 0.305 e. The molecule has 0 aliphatic carbocycles. The number of nitrogens with zero attached hydrogens (tertiary/aromatic N) is 2. The number of nitrogens with two attached hydrogens (primary N) is 2. The molecule has 0 heterocycles. The molecule has 10 heteroatoms.